The van der Waals surface area contributed by atoms with Crippen LogP contribution in [0.1, 0.15) is 22.8 Å². The van der Waals surface area contributed by atoms with E-state index in [2.05, 4.69) is 11.1 Å². The number of hydrogen-bond acceptors (Lipinski definition) is 4. The minimum atomic E-state index is -0.693. The van der Waals surface area contributed by atoms with Crippen LogP contribution in [-0.4, -0.2) is 16.7 Å². The molecule has 3 nitrogen and oxygen atoms in total. The fraction of sp³-hybridized carbons (Fsp3) is 0.188. The maximum absolute atomic E-state index is 10.6. The van der Waals surface area contributed by atoms with Gasteiger partial charge in [-0.25, -0.2) is 0 Å². The van der Waals surface area contributed by atoms with Gasteiger partial charge in [0.2, 0.25) is 0 Å². The molecule has 1 atom stereocenters. The second-order valence-electron chi connectivity index (χ2n) is 4.91. The topological polar surface area (TPSA) is 42.4 Å². The van der Waals surface area contributed by atoms with Gasteiger partial charge in [-0.2, -0.15) is 0 Å². The summed E-state index contributed by atoms with van der Waals surface area (Å²) in [7, 11) is 0. The van der Waals surface area contributed by atoms with Crippen LogP contribution in [0.3, 0.4) is 0 Å². The molecular weight excluding hydrogens is 270 g/mol. The van der Waals surface area contributed by atoms with E-state index in [1.807, 2.05) is 29.6 Å². The number of fused-ring (bicyclic) bond motifs is 2. The number of rotatable bonds is 2. The highest BCUT2D eigenvalue weighted by atomic mass is 32.1. The number of para-hydroxylation sites is 1. The lowest BCUT2D eigenvalue weighted by atomic mass is 9.99. The minimum absolute atomic E-state index is 0.693. The molecule has 0 radical (unpaired) electrons. The van der Waals surface area contributed by atoms with Crippen molar-refractivity contribution in [3.8, 4) is 5.75 Å². The lowest BCUT2D eigenvalue weighted by Crippen LogP contribution is -2.02. The Hall–Kier alpha value is -1.91. The van der Waals surface area contributed by atoms with E-state index in [0.29, 0.717) is 6.61 Å². The van der Waals surface area contributed by atoms with E-state index in [9.17, 15) is 5.11 Å². The van der Waals surface area contributed by atoms with Crippen LogP contribution >= 0.6 is 11.3 Å². The van der Waals surface area contributed by atoms with Gasteiger partial charge in [-0.05, 0) is 23.1 Å². The molecule has 0 fully saturated rings. The summed E-state index contributed by atoms with van der Waals surface area (Å²) < 4.78 is 6.76. The number of benzene rings is 1. The van der Waals surface area contributed by atoms with Crippen molar-refractivity contribution >= 4 is 21.6 Å². The molecule has 4 rings (SSSR count). The standard InChI is InChI=1S/C16H13NO2S/c18-15(11-8-14-13(17-9-11)5-7-20-14)12-3-1-2-10-4-6-19-16(10)12/h1-3,5,7-9,15,18H,4,6H2. The highest BCUT2D eigenvalue weighted by Crippen LogP contribution is 2.36. The quantitative estimate of drug-likeness (QED) is 0.784. The van der Waals surface area contributed by atoms with Gasteiger partial charge in [0.1, 0.15) is 11.9 Å². The Balaban J connectivity index is 1.80. The number of ether oxygens (including phenoxy) is 1. The summed E-state index contributed by atoms with van der Waals surface area (Å²) in [5.41, 5.74) is 3.79. The van der Waals surface area contributed by atoms with E-state index < -0.39 is 6.10 Å². The maximum Gasteiger partial charge on any atom is 0.128 e. The third kappa shape index (κ3) is 1.80. The zero-order chi connectivity index (χ0) is 13.5. The Kier molecular flexibility index (Phi) is 2.72. The largest absolute Gasteiger partial charge is 0.493 e. The summed E-state index contributed by atoms with van der Waals surface area (Å²) in [6.07, 6.45) is 1.97. The average Bonchev–Trinajstić information content (AvgIpc) is 3.13. The first-order valence-corrected chi connectivity index (χ1v) is 7.47. The third-order valence-electron chi connectivity index (χ3n) is 3.68. The van der Waals surface area contributed by atoms with Crippen molar-refractivity contribution in [3.63, 3.8) is 0 Å². The maximum atomic E-state index is 10.6. The van der Waals surface area contributed by atoms with Crippen molar-refractivity contribution in [2.45, 2.75) is 12.5 Å². The predicted molar refractivity (Wildman–Crippen MR) is 79.3 cm³/mol. The van der Waals surface area contributed by atoms with E-state index in [1.165, 1.54) is 5.56 Å². The second-order valence-corrected chi connectivity index (χ2v) is 5.86. The Morgan fingerprint density at radius 2 is 2.25 bits per heavy atom. The van der Waals surface area contributed by atoms with E-state index in [4.69, 9.17) is 4.74 Å². The molecule has 0 saturated carbocycles. The van der Waals surface area contributed by atoms with E-state index in [-0.39, 0.29) is 0 Å². The highest BCUT2D eigenvalue weighted by Gasteiger charge is 2.22. The molecule has 1 aliphatic rings. The van der Waals surface area contributed by atoms with Gasteiger partial charge in [0.25, 0.3) is 0 Å². The Morgan fingerprint density at radius 1 is 1.30 bits per heavy atom. The Labute approximate surface area is 120 Å². The van der Waals surface area contributed by atoms with Gasteiger partial charge in [0.05, 0.1) is 16.8 Å². The Bertz CT molecular complexity index is 781. The minimum Gasteiger partial charge on any atom is -0.493 e. The van der Waals surface area contributed by atoms with Gasteiger partial charge >= 0.3 is 0 Å². The molecule has 0 bridgehead atoms. The molecule has 4 heteroatoms. The van der Waals surface area contributed by atoms with Crippen LogP contribution in [0.25, 0.3) is 10.2 Å². The number of aliphatic hydroxyl groups excluding tert-OH is 1. The fourth-order valence-corrected chi connectivity index (χ4v) is 3.44. The van der Waals surface area contributed by atoms with E-state index in [1.54, 1.807) is 17.5 Å². The summed E-state index contributed by atoms with van der Waals surface area (Å²) >= 11 is 1.63. The van der Waals surface area contributed by atoms with Crippen molar-refractivity contribution in [1.29, 1.82) is 0 Å². The Morgan fingerprint density at radius 3 is 3.20 bits per heavy atom. The summed E-state index contributed by atoms with van der Waals surface area (Å²) in [4.78, 5) is 4.39. The van der Waals surface area contributed by atoms with Crippen LogP contribution in [0.2, 0.25) is 0 Å². The van der Waals surface area contributed by atoms with Crippen molar-refractivity contribution < 1.29 is 9.84 Å². The summed E-state index contributed by atoms with van der Waals surface area (Å²) in [5.74, 6) is 0.839. The van der Waals surface area contributed by atoms with Crippen molar-refractivity contribution in [1.82, 2.24) is 4.98 Å². The average molecular weight is 283 g/mol. The van der Waals surface area contributed by atoms with Crippen LogP contribution in [-0.2, 0) is 6.42 Å². The molecule has 20 heavy (non-hydrogen) atoms. The summed E-state index contributed by atoms with van der Waals surface area (Å²) in [5, 5.41) is 12.6. The van der Waals surface area contributed by atoms with Crippen LogP contribution in [0.4, 0.5) is 0 Å². The fourth-order valence-electron chi connectivity index (χ4n) is 2.65. The molecule has 1 unspecified atom stereocenters. The molecule has 3 aromatic rings. The highest BCUT2D eigenvalue weighted by molar-refractivity contribution is 7.17. The molecule has 0 spiro atoms. The molecule has 1 aromatic carbocycles. The molecule has 0 amide bonds. The SMILES string of the molecule is OC(c1cnc2ccsc2c1)c1cccc2c1OCC2. The number of thiophene rings is 1. The van der Waals surface area contributed by atoms with Gasteiger partial charge in [-0.3, -0.25) is 4.98 Å². The van der Waals surface area contributed by atoms with Crippen LogP contribution in [0, 0.1) is 0 Å². The first-order valence-electron chi connectivity index (χ1n) is 6.59. The number of aromatic nitrogens is 1. The molecule has 100 valence electrons. The van der Waals surface area contributed by atoms with Gasteiger partial charge in [-0.1, -0.05) is 18.2 Å². The molecule has 3 heterocycles. The molecule has 1 N–H and O–H groups in total. The van der Waals surface area contributed by atoms with Crippen LogP contribution < -0.4 is 4.74 Å². The molecule has 2 aromatic heterocycles. The van der Waals surface area contributed by atoms with Crippen molar-refractivity contribution in [2.75, 3.05) is 6.61 Å². The molecular formula is C16H13NO2S. The monoisotopic (exact) mass is 283 g/mol. The number of aliphatic hydroxyl groups is 1. The normalized spacial score (nSPS) is 15.1. The van der Waals surface area contributed by atoms with Gasteiger partial charge in [0.15, 0.2) is 0 Å². The molecule has 0 aliphatic carbocycles. The zero-order valence-corrected chi connectivity index (χ0v) is 11.6. The summed E-state index contributed by atoms with van der Waals surface area (Å²) in [6, 6.07) is 9.95. The summed E-state index contributed by atoms with van der Waals surface area (Å²) in [6.45, 7) is 0.696. The number of nitrogens with zero attached hydrogens (tertiary/aromatic N) is 1. The predicted octanol–water partition coefficient (Wildman–Crippen LogP) is 3.31. The first kappa shape index (κ1) is 11.9. The van der Waals surface area contributed by atoms with E-state index in [0.717, 1.165) is 33.5 Å². The smallest absolute Gasteiger partial charge is 0.128 e. The van der Waals surface area contributed by atoms with Crippen molar-refractivity contribution in [3.05, 3.63) is 58.6 Å². The zero-order valence-electron chi connectivity index (χ0n) is 10.7. The lowest BCUT2D eigenvalue weighted by Gasteiger charge is -2.14. The molecule has 0 saturated heterocycles. The first-order chi connectivity index (χ1) is 9.83. The second kappa shape index (κ2) is 4.58. The van der Waals surface area contributed by atoms with Gasteiger partial charge < -0.3 is 9.84 Å². The van der Waals surface area contributed by atoms with E-state index >= 15 is 0 Å². The van der Waals surface area contributed by atoms with Gasteiger partial charge in [0, 0.05) is 23.7 Å². The van der Waals surface area contributed by atoms with Crippen LogP contribution in [0.15, 0.2) is 41.9 Å². The lowest BCUT2D eigenvalue weighted by molar-refractivity contribution is 0.213. The third-order valence-corrected chi connectivity index (χ3v) is 4.53. The number of hydrogen-bond donors (Lipinski definition) is 1. The van der Waals surface area contributed by atoms with Crippen LogP contribution in [0.5, 0.6) is 5.75 Å². The van der Waals surface area contributed by atoms with Crippen molar-refractivity contribution in [2.24, 2.45) is 0 Å². The number of pyridine rings is 1. The molecule has 1 aliphatic heterocycles. The van der Waals surface area contributed by atoms with Gasteiger partial charge in [-0.15, -0.1) is 11.3 Å².